The summed E-state index contributed by atoms with van der Waals surface area (Å²) in [6, 6.07) is 12.4. The van der Waals surface area contributed by atoms with Crippen LogP contribution in [0, 0.1) is 6.92 Å². The number of benzene rings is 1. The van der Waals surface area contributed by atoms with Crippen molar-refractivity contribution in [1.82, 2.24) is 10.6 Å². The molecule has 112 valence electrons. The number of furan rings is 1. The lowest BCUT2D eigenvalue weighted by Crippen LogP contribution is -2.38. The summed E-state index contributed by atoms with van der Waals surface area (Å²) in [7, 11) is 0. The first-order valence-corrected chi connectivity index (χ1v) is 7.38. The summed E-state index contributed by atoms with van der Waals surface area (Å²) in [6.07, 6.45) is 2.65. The zero-order chi connectivity index (χ0) is 14.9. The predicted octanol–water partition coefficient (Wildman–Crippen LogP) is 2.89. The van der Waals surface area contributed by atoms with Crippen LogP contribution < -0.4 is 10.6 Å². The molecule has 0 saturated heterocycles. The summed E-state index contributed by atoms with van der Waals surface area (Å²) in [4.78, 5) is 4.51. The topological polar surface area (TPSA) is 49.6 Å². The molecule has 1 aromatic heterocycles. The van der Waals surface area contributed by atoms with Crippen LogP contribution in [0.4, 0.5) is 0 Å². The number of rotatable bonds is 6. The summed E-state index contributed by atoms with van der Waals surface area (Å²) in [5.41, 5.74) is 2.63. The number of aryl methyl sites for hydroxylation is 1. The lowest BCUT2D eigenvalue weighted by atomic mass is 10.1. The first-order chi connectivity index (χ1) is 10.3. The highest BCUT2D eigenvalue weighted by Crippen LogP contribution is 2.04. The lowest BCUT2D eigenvalue weighted by molar-refractivity contribution is 0.512. The average molecular weight is 285 g/mol. The van der Waals surface area contributed by atoms with Crippen molar-refractivity contribution in [1.29, 1.82) is 0 Å². The molecule has 0 bridgehead atoms. The number of guanidine groups is 1. The molecule has 2 N–H and O–H groups in total. The first-order valence-electron chi connectivity index (χ1n) is 7.38. The molecule has 1 heterocycles. The largest absolute Gasteiger partial charge is 0.467 e. The fraction of sp³-hybridized carbons (Fsp3) is 0.353. The number of hydrogen-bond donors (Lipinski definition) is 2. The fourth-order valence-electron chi connectivity index (χ4n) is 2.09. The van der Waals surface area contributed by atoms with Crippen molar-refractivity contribution in [3.05, 3.63) is 59.5 Å². The van der Waals surface area contributed by atoms with E-state index in [1.165, 1.54) is 11.1 Å². The van der Waals surface area contributed by atoms with Gasteiger partial charge in [0.2, 0.25) is 0 Å². The molecular weight excluding hydrogens is 262 g/mol. The molecule has 0 saturated carbocycles. The van der Waals surface area contributed by atoms with Gasteiger partial charge in [-0.05, 0) is 38.0 Å². The minimum Gasteiger partial charge on any atom is -0.467 e. The van der Waals surface area contributed by atoms with Crippen LogP contribution in [0.25, 0.3) is 0 Å². The van der Waals surface area contributed by atoms with Crippen LogP contribution >= 0.6 is 0 Å². The highest BCUT2D eigenvalue weighted by molar-refractivity contribution is 5.79. The van der Waals surface area contributed by atoms with Crippen molar-refractivity contribution >= 4 is 5.96 Å². The van der Waals surface area contributed by atoms with Crippen LogP contribution in [0.1, 0.15) is 23.8 Å². The Morgan fingerprint density at radius 1 is 1.19 bits per heavy atom. The second-order valence-corrected chi connectivity index (χ2v) is 4.94. The first kappa shape index (κ1) is 15.2. The number of nitrogens with one attached hydrogen (secondary N) is 2. The van der Waals surface area contributed by atoms with Gasteiger partial charge in [0.05, 0.1) is 6.26 Å². The van der Waals surface area contributed by atoms with E-state index in [-0.39, 0.29) is 0 Å². The molecule has 0 amide bonds. The minimum atomic E-state index is 0.548. The zero-order valence-electron chi connectivity index (χ0n) is 12.7. The zero-order valence-corrected chi connectivity index (χ0v) is 12.7. The van der Waals surface area contributed by atoms with E-state index in [9.17, 15) is 0 Å². The van der Waals surface area contributed by atoms with E-state index in [0.717, 1.165) is 31.2 Å². The Balaban J connectivity index is 1.83. The molecule has 0 radical (unpaired) electrons. The third-order valence-corrected chi connectivity index (χ3v) is 3.11. The highest BCUT2D eigenvalue weighted by atomic mass is 16.3. The monoisotopic (exact) mass is 285 g/mol. The summed E-state index contributed by atoms with van der Waals surface area (Å²) >= 11 is 0. The van der Waals surface area contributed by atoms with Gasteiger partial charge < -0.3 is 15.1 Å². The van der Waals surface area contributed by atoms with Gasteiger partial charge in [-0.3, -0.25) is 0 Å². The molecule has 21 heavy (non-hydrogen) atoms. The van der Waals surface area contributed by atoms with E-state index in [0.29, 0.717) is 6.54 Å². The molecule has 0 atom stereocenters. The number of aliphatic imine (C=N–C) groups is 1. The maximum absolute atomic E-state index is 5.29. The van der Waals surface area contributed by atoms with Gasteiger partial charge in [-0.1, -0.05) is 29.8 Å². The maximum atomic E-state index is 5.29. The second kappa shape index (κ2) is 8.15. The molecule has 0 aliphatic heterocycles. The van der Waals surface area contributed by atoms with Gasteiger partial charge in [-0.25, -0.2) is 4.99 Å². The van der Waals surface area contributed by atoms with E-state index in [4.69, 9.17) is 4.42 Å². The van der Waals surface area contributed by atoms with Crippen molar-refractivity contribution in [3.8, 4) is 0 Å². The summed E-state index contributed by atoms with van der Waals surface area (Å²) < 4.78 is 5.29. The molecule has 1 aromatic carbocycles. The van der Waals surface area contributed by atoms with Crippen molar-refractivity contribution in [2.24, 2.45) is 4.99 Å². The van der Waals surface area contributed by atoms with E-state index >= 15 is 0 Å². The van der Waals surface area contributed by atoms with E-state index in [1.807, 2.05) is 12.1 Å². The Morgan fingerprint density at radius 3 is 2.81 bits per heavy atom. The van der Waals surface area contributed by atoms with Gasteiger partial charge in [0.25, 0.3) is 0 Å². The highest BCUT2D eigenvalue weighted by Gasteiger charge is 1.99. The molecule has 2 aromatic rings. The number of nitrogens with zero attached hydrogens (tertiary/aromatic N) is 1. The van der Waals surface area contributed by atoms with E-state index in [2.05, 4.69) is 53.7 Å². The SMILES string of the molecule is CCNC(=NCc1ccco1)NCCc1cccc(C)c1. The standard InChI is InChI=1S/C17H23N3O/c1-3-18-17(20-13-16-8-5-11-21-16)19-10-9-15-7-4-6-14(2)12-15/h4-8,11-12H,3,9-10,13H2,1-2H3,(H2,18,19,20). The summed E-state index contributed by atoms with van der Waals surface area (Å²) in [5, 5.41) is 6.59. The average Bonchev–Trinajstić information content (AvgIpc) is 2.98. The van der Waals surface area contributed by atoms with Gasteiger partial charge in [0, 0.05) is 13.1 Å². The molecule has 4 nitrogen and oxygen atoms in total. The van der Waals surface area contributed by atoms with Gasteiger partial charge in [-0.2, -0.15) is 0 Å². The van der Waals surface area contributed by atoms with Crippen molar-refractivity contribution in [2.45, 2.75) is 26.8 Å². The molecule has 0 aliphatic rings. The van der Waals surface area contributed by atoms with Crippen LogP contribution in [0.15, 0.2) is 52.1 Å². The Labute approximate surface area is 126 Å². The molecule has 0 aliphatic carbocycles. The summed E-state index contributed by atoms with van der Waals surface area (Å²) in [5.74, 6) is 1.69. The molecular formula is C17H23N3O. The van der Waals surface area contributed by atoms with Crippen LogP contribution in [0.5, 0.6) is 0 Å². The Hall–Kier alpha value is -2.23. The van der Waals surface area contributed by atoms with Gasteiger partial charge in [-0.15, -0.1) is 0 Å². The number of hydrogen-bond acceptors (Lipinski definition) is 2. The van der Waals surface area contributed by atoms with Gasteiger partial charge in [0.15, 0.2) is 5.96 Å². The third-order valence-electron chi connectivity index (χ3n) is 3.11. The van der Waals surface area contributed by atoms with Crippen LogP contribution in [0.3, 0.4) is 0 Å². The second-order valence-electron chi connectivity index (χ2n) is 4.94. The Kier molecular flexibility index (Phi) is 5.88. The lowest BCUT2D eigenvalue weighted by Gasteiger charge is -2.11. The van der Waals surface area contributed by atoms with Crippen LogP contribution in [-0.4, -0.2) is 19.0 Å². The minimum absolute atomic E-state index is 0.548. The Bertz CT molecular complexity index is 561. The molecule has 0 unspecified atom stereocenters. The van der Waals surface area contributed by atoms with Crippen molar-refractivity contribution in [2.75, 3.05) is 13.1 Å². The molecule has 2 rings (SSSR count). The maximum Gasteiger partial charge on any atom is 0.191 e. The van der Waals surface area contributed by atoms with Crippen molar-refractivity contribution in [3.63, 3.8) is 0 Å². The smallest absolute Gasteiger partial charge is 0.191 e. The normalized spacial score (nSPS) is 11.4. The van der Waals surface area contributed by atoms with Gasteiger partial charge in [0.1, 0.15) is 12.3 Å². The van der Waals surface area contributed by atoms with Gasteiger partial charge >= 0.3 is 0 Å². The fourth-order valence-corrected chi connectivity index (χ4v) is 2.09. The molecule has 0 fully saturated rings. The molecule has 0 spiro atoms. The predicted molar refractivity (Wildman–Crippen MR) is 86.4 cm³/mol. The van der Waals surface area contributed by atoms with Crippen LogP contribution in [-0.2, 0) is 13.0 Å². The van der Waals surface area contributed by atoms with Crippen LogP contribution in [0.2, 0.25) is 0 Å². The molecule has 4 heteroatoms. The third kappa shape index (κ3) is 5.34. The summed E-state index contributed by atoms with van der Waals surface area (Å²) in [6.45, 7) is 6.42. The quantitative estimate of drug-likeness (QED) is 0.634. The Morgan fingerprint density at radius 2 is 2.10 bits per heavy atom. The van der Waals surface area contributed by atoms with E-state index in [1.54, 1.807) is 6.26 Å². The van der Waals surface area contributed by atoms with E-state index < -0.39 is 0 Å². The van der Waals surface area contributed by atoms with Crippen molar-refractivity contribution < 1.29 is 4.42 Å².